The molecule has 0 aromatic carbocycles. The molecule has 2 heterocycles. The molecule has 0 unspecified atom stereocenters. The Hall–Kier alpha value is -1.21. The van der Waals surface area contributed by atoms with Gasteiger partial charge in [-0.1, -0.05) is 6.92 Å². The van der Waals surface area contributed by atoms with Crippen molar-refractivity contribution in [3.05, 3.63) is 15.8 Å². The number of carbonyl (C=O) groups is 1. The Morgan fingerprint density at radius 2 is 2.18 bits per heavy atom. The Kier molecular flexibility index (Phi) is 6.14. The van der Waals surface area contributed by atoms with Crippen LogP contribution >= 0.6 is 11.3 Å². The first kappa shape index (κ1) is 17.1. The average Bonchev–Trinajstić information content (AvgIpc) is 2.84. The van der Waals surface area contributed by atoms with Crippen LogP contribution in [-0.4, -0.2) is 43.6 Å². The van der Waals surface area contributed by atoms with Crippen molar-refractivity contribution in [1.29, 1.82) is 0 Å². The Morgan fingerprint density at radius 3 is 2.77 bits per heavy atom. The minimum atomic E-state index is -2.91. The standard InChI is InChI=1S/C15H22F2N2O2S/c1-3-18-9-11-4-6-19(7-5-11)14(20)13-12(21-15(16)17)8-10(2)22-13/h8,11,15,18H,3-7,9H2,1-2H3. The maximum Gasteiger partial charge on any atom is 0.387 e. The number of carbonyl (C=O) groups excluding carboxylic acids is 1. The summed E-state index contributed by atoms with van der Waals surface area (Å²) >= 11 is 1.21. The number of likely N-dealkylation sites (tertiary alicyclic amines) is 1. The molecule has 0 spiro atoms. The fraction of sp³-hybridized carbons (Fsp3) is 0.667. The number of alkyl halides is 2. The van der Waals surface area contributed by atoms with E-state index >= 15 is 0 Å². The third-order valence-corrected chi connectivity index (χ3v) is 4.84. The highest BCUT2D eigenvalue weighted by molar-refractivity contribution is 7.14. The first-order chi connectivity index (χ1) is 10.5. The van der Waals surface area contributed by atoms with Gasteiger partial charge in [-0.25, -0.2) is 0 Å². The summed E-state index contributed by atoms with van der Waals surface area (Å²) in [7, 11) is 0. The molecule has 22 heavy (non-hydrogen) atoms. The van der Waals surface area contributed by atoms with Crippen molar-refractivity contribution < 1.29 is 18.3 Å². The monoisotopic (exact) mass is 332 g/mol. The van der Waals surface area contributed by atoms with E-state index in [1.807, 2.05) is 0 Å². The maximum atomic E-state index is 12.5. The van der Waals surface area contributed by atoms with Crippen LogP contribution in [0.15, 0.2) is 6.07 Å². The van der Waals surface area contributed by atoms with Crippen LogP contribution in [0.1, 0.15) is 34.3 Å². The van der Waals surface area contributed by atoms with Crippen molar-refractivity contribution in [3.63, 3.8) is 0 Å². The summed E-state index contributed by atoms with van der Waals surface area (Å²) in [5, 5.41) is 3.32. The molecule has 0 aliphatic carbocycles. The smallest absolute Gasteiger partial charge is 0.387 e. The van der Waals surface area contributed by atoms with Crippen molar-refractivity contribution in [2.75, 3.05) is 26.2 Å². The molecule has 124 valence electrons. The largest absolute Gasteiger partial charge is 0.433 e. The molecule has 2 rings (SSSR count). The summed E-state index contributed by atoms with van der Waals surface area (Å²) in [6, 6.07) is 1.50. The predicted octanol–water partition coefficient (Wildman–Crippen LogP) is 3.12. The number of thiophene rings is 1. The van der Waals surface area contributed by atoms with Gasteiger partial charge in [-0.05, 0) is 44.8 Å². The number of aryl methyl sites for hydroxylation is 1. The quantitative estimate of drug-likeness (QED) is 0.870. The Labute approximate surface area is 133 Å². The van der Waals surface area contributed by atoms with E-state index in [2.05, 4.69) is 17.0 Å². The number of nitrogens with zero attached hydrogens (tertiary/aromatic N) is 1. The van der Waals surface area contributed by atoms with Crippen LogP contribution in [0.25, 0.3) is 0 Å². The van der Waals surface area contributed by atoms with E-state index in [9.17, 15) is 13.6 Å². The molecule has 1 aliphatic heterocycles. The third-order valence-electron chi connectivity index (χ3n) is 3.82. The zero-order valence-electron chi connectivity index (χ0n) is 12.9. The van der Waals surface area contributed by atoms with Gasteiger partial charge in [0.1, 0.15) is 10.6 Å². The summed E-state index contributed by atoms with van der Waals surface area (Å²) in [5.41, 5.74) is 0. The summed E-state index contributed by atoms with van der Waals surface area (Å²) < 4.78 is 29.3. The molecule has 1 amide bonds. The van der Waals surface area contributed by atoms with Crippen LogP contribution in [-0.2, 0) is 0 Å². The van der Waals surface area contributed by atoms with Crippen molar-refractivity contribution >= 4 is 17.2 Å². The lowest BCUT2D eigenvalue weighted by Gasteiger charge is -2.32. The zero-order chi connectivity index (χ0) is 16.1. The van der Waals surface area contributed by atoms with Crippen LogP contribution in [0.2, 0.25) is 0 Å². The number of amides is 1. The summed E-state index contributed by atoms with van der Waals surface area (Å²) in [6.07, 6.45) is 1.88. The molecule has 1 fully saturated rings. The lowest BCUT2D eigenvalue weighted by molar-refractivity contribution is -0.0499. The van der Waals surface area contributed by atoms with Gasteiger partial charge in [0.15, 0.2) is 0 Å². The lowest BCUT2D eigenvalue weighted by Crippen LogP contribution is -2.40. The van der Waals surface area contributed by atoms with E-state index in [-0.39, 0.29) is 16.5 Å². The minimum Gasteiger partial charge on any atom is -0.433 e. The molecular weight excluding hydrogens is 310 g/mol. The van der Waals surface area contributed by atoms with Gasteiger partial charge in [-0.3, -0.25) is 4.79 Å². The molecule has 4 nitrogen and oxygen atoms in total. The highest BCUT2D eigenvalue weighted by Gasteiger charge is 2.27. The molecule has 0 radical (unpaired) electrons. The van der Waals surface area contributed by atoms with Crippen LogP contribution in [0.3, 0.4) is 0 Å². The number of ether oxygens (including phenoxy) is 1. The van der Waals surface area contributed by atoms with Crippen LogP contribution < -0.4 is 10.1 Å². The van der Waals surface area contributed by atoms with Crippen molar-refractivity contribution in [1.82, 2.24) is 10.2 Å². The number of hydrogen-bond donors (Lipinski definition) is 1. The number of nitrogens with one attached hydrogen (secondary N) is 1. The molecular formula is C15H22F2N2O2S. The van der Waals surface area contributed by atoms with Gasteiger partial charge in [-0.2, -0.15) is 8.78 Å². The van der Waals surface area contributed by atoms with E-state index in [1.54, 1.807) is 11.8 Å². The van der Waals surface area contributed by atoms with Crippen molar-refractivity contribution in [2.45, 2.75) is 33.3 Å². The van der Waals surface area contributed by atoms with Crippen molar-refractivity contribution in [3.8, 4) is 5.75 Å². The number of hydrogen-bond acceptors (Lipinski definition) is 4. The molecule has 1 aliphatic rings. The summed E-state index contributed by atoms with van der Waals surface area (Å²) in [5.74, 6) is 0.374. The Bertz CT molecular complexity index is 500. The fourth-order valence-corrected chi connectivity index (χ4v) is 3.57. The molecule has 0 saturated carbocycles. The molecule has 1 aromatic heterocycles. The zero-order valence-corrected chi connectivity index (χ0v) is 13.7. The van der Waals surface area contributed by atoms with Gasteiger partial charge < -0.3 is 15.0 Å². The first-order valence-electron chi connectivity index (χ1n) is 7.56. The number of rotatable bonds is 6. The second kappa shape index (κ2) is 7.87. The van der Waals surface area contributed by atoms with Crippen LogP contribution in [0.4, 0.5) is 8.78 Å². The summed E-state index contributed by atoms with van der Waals surface area (Å²) in [6.45, 7) is 4.19. The fourth-order valence-electron chi connectivity index (χ4n) is 2.66. The van der Waals surface area contributed by atoms with Gasteiger partial charge in [0, 0.05) is 18.0 Å². The topological polar surface area (TPSA) is 41.6 Å². The average molecular weight is 332 g/mol. The van der Waals surface area contributed by atoms with Gasteiger partial charge in [0.05, 0.1) is 0 Å². The highest BCUT2D eigenvalue weighted by atomic mass is 32.1. The second-order valence-electron chi connectivity index (χ2n) is 5.47. The molecule has 7 heteroatoms. The molecule has 1 aromatic rings. The normalized spacial score (nSPS) is 16.3. The van der Waals surface area contributed by atoms with E-state index in [4.69, 9.17) is 0 Å². The van der Waals surface area contributed by atoms with E-state index in [0.29, 0.717) is 19.0 Å². The summed E-state index contributed by atoms with van der Waals surface area (Å²) in [4.78, 5) is 15.3. The van der Waals surface area contributed by atoms with Crippen LogP contribution in [0.5, 0.6) is 5.75 Å². The number of piperidine rings is 1. The predicted molar refractivity (Wildman–Crippen MR) is 82.9 cm³/mol. The highest BCUT2D eigenvalue weighted by Crippen LogP contribution is 2.32. The SMILES string of the molecule is CCNCC1CCN(C(=O)c2sc(C)cc2OC(F)F)CC1. The molecule has 1 saturated heterocycles. The van der Waals surface area contributed by atoms with Gasteiger partial charge >= 0.3 is 6.61 Å². The van der Waals surface area contributed by atoms with Gasteiger partial charge in [0.25, 0.3) is 5.91 Å². The second-order valence-corrected chi connectivity index (χ2v) is 6.73. The Balaban J connectivity index is 1.98. The van der Waals surface area contributed by atoms with Gasteiger partial charge in [0.2, 0.25) is 0 Å². The molecule has 0 atom stereocenters. The first-order valence-corrected chi connectivity index (χ1v) is 8.38. The Morgan fingerprint density at radius 1 is 1.50 bits per heavy atom. The van der Waals surface area contributed by atoms with Crippen molar-refractivity contribution in [2.24, 2.45) is 5.92 Å². The maximum absolute atomic E-state index is 12.5. The molecule has 0 bridgehead atoms. The minimum absolute atomic E-state index is 0.00252. The third kappa shape index (κ3) is 4.39. The van der Waals surface area contributed by atoms with E-state index in [1.165, 1.54) is 17.4 Å². The van der Waals surface area contributed by atoms with E-state index < -0.39 is 6.61 Å². The van der Waals surface area contributed by atoms with Crippen LogP contribution in [0, 0.1) is 12.8 Å². The molecule has 1 N–H and O–H groups in total. The number of halogens is 2. The lowest BCUT2D eigenvalue weighted by atomic mass is 9.96. The van der Waals surface area contributed by atoms with E-state index in [0.717, 1.165) is 30.8 Å². The van der Waals surface area contributed by atoms with Gasteiger partial charge in [-0.15, -0.1) is 11.3 Å².